The average Bonchev–Trinajstić information content (AvgIpc) is 2.62. The minimum absolute atomic E-state index is 0.144. The van der Waals surface area contributed by atoms with Crippen LogP contribution in [0.2, 0.25) is 5.02 Å². The van der Waals surface area contributed by atoms with Gasteiger partial charge in [-0.05, 0) is 36.8 Å². The van der Waals surface area contributed by atoms with Gasteiger partial charge in [-0.2, -0.15) is 0 Å². The number of ether oxygens (including phenoxy) is 2. The van der Waals surface area contributed by atoms with E-state index in [0.717, 1.165) is 0 Å². The summed E-state index contributed by atoms with van der Waals surface area (Å²) in [6, 6.07) is 11.4. The van der Waals surface area contributed by atoms with Crippen LogP contribution in [0.5, 0.6) is 5.75 Å². The van der Waals surface area contributed by atoms with Gasteiger partial charge in [-0.1, -0.05) is 23.7 Å². The Balaban J connectivity index is 2.34. The molecule has 2 aromatic carbocycles. The molecule has 0 aliphatic rings. The Morgan fingerprint density at radius 2 is 1.88 bits per heavy atom. The van der Waals surface area contributed by atoms with Crippen molar-refractivity contribution >= 4 is 28.5 Å². The van der Waals surface area contributed by atoms with Gasteiger partial charge in [-0.15, -0.1) is 0 Å². The fourth-order valence-electron chi connectivity index (χ4n) is 2.52. The summed E-state index contributed by atoms with van der Waals surface area (Å²) >= 11 is 5.91. The Bertz CT molecular complexity index is 989. The largest absolute Gasteiger partial charge is 0.497 e. The van der Waals surface area contributed by atoms with Crippen molar-refractivity contribution in [3.05, 3.63) is 63.5 Å². The Kier molecular flexibility index (Phi) is 4.76. The van der Waals surface area contributed by atoms with Crippen molar-refractivity contribution in [2.75, 3.05) is 13.7 Å². The molecule has 128 valence electrons. The predicted molar refractivity (Wildman–Crippen MR) is 95.4 cm³/mol. The summed E-state index contributed by atoms with van der Waals surface area (Å²) in [4.78, 5) is 25.3. The number of hydrogen-bond acceptors (Lipinski definition) is 5. The lowest BCUT2D eigenvalue weighted by atomic mass is 10.0. The molecule has 0 saturated carbocycles. The zero-order chi connectivity index (χ0) is 18.0. The fraction of sp³-hybridized carbons (Fsp3) is 0.158. The van der Waals surface area contributed by atoms with Gasteiger partial charge in [0, 0.05) is 11.1 Å². The number of fused-ring (bicyclic) bond motifs is 1. The fourth-order valence-corrected chi connectivity index (χ4v) is 2.65. The summed E-state index contributed by atoms with van der Waals surface area (Å²) in [6.45, 7) is 1.85. The minimum Gasteiger partial charge on any atom is -0.497 e. The van der Waals surface area contributed by atoms with Crippen LogP contribution in [0.4, 0.5) is 0 Å². The summed E-state index contributed by atoms with van der Waals surface area (Å²) in [6.07, 6.45) is 0. The van der Waals surface area contributed by atoms with Crippen molar-refractivity contribution < 1.29 is 18.7 Å². The van der Waals surface area contributed by atoms with Crippen LogP contribution < -0.4 is 10.2 Å². The van der Waals surface area contributed by atoms with Crippen LogP contribution in [0.3, 0.4) is 0 Å². The molecule has 0 aliphatic carbocycles. The van der Waals surface area contributed by atoms with Crippen molar-refractivity contribution in [3.63, 3.8) is 0 Å². The molecule has 1 heterocycles. The first kappa shape index (κ1) is 17.0. The van der Waals surface area contributed by atoms with Crippen LogP contribution in [0.15, 0.2) is 51.7 Å². The third-order valence-electron chi connectivity index (χ3n) is 3.69. The number of rotatable bonds is 4. The van der Waals surface area contributed by atoms with Gasteiger partial charge in [0.1, 0.15) is 11.3 Å². The molecule has 25 heavy (non-hydrogen) atoms. The van der Waals surface area contributed by atoms with Crippen molar-refractivity contribution in [1.82, 2.24) is 0 Å². The second kappa shape index (κ2) is 6.99. The molecule has 0 bridgehead atoms. The van der Waals surface area contributed by atoms with Gasteiger partial charge in [-0.25, -0.2) is 4.79 Å². The zero-order valence-corrected chi connectivity index (χ0v) is 14.4. The Labute approximate surface area is 148 Å². The summed E-state index contributed by atoms with van der Waals surface area (Å²) in [7, 11) is 1.51. The Hall–Kier alpha value is -2.79. The zero-order valence-electron chi connectivity index (χ0n) is 13.7. The van der Waals surface area contributed by atoms with Gasteiger partial charge in [-0.3, -0.25) is 4.79 Å². The lowest BCUT2D eigenvalue weighted by Crippen LogP contribution is -2.15. The van der Waals surface area contributed by atoms with Gasteiger partial charge in [0.25, 0.3) is 0 Å². The highest BCUT2D eigenvalue weighted by Gasteiger charge is 2.23. The minimum atomic E-state index is -0.700. The van der Waals surface area contributed by atoms with E-state index in [1.54, 1.807) is 49.4 Å². The van der Waals surface area contributed by atoms with E-state index < -0.39 is 5.97 Å². The smallest absolute Gasteiger partial charge is 0.375 e. The highest BCUT2D eigenvalue weighted by atomic mass is 35.5. The summed E-state index contributed by atoms with van der Waals surface area (Å²) in [5, 5.41) is 0.871. The molecule has 0 aliphatic heterocycles. The average molecular weight is 359 g/mol. The maximum atomic E-state index is 13.0. The number of hydrogen-bond donors (Lipinski definition) is 0. The van der Waals surface area contributed by atoms with E-state index in [1.807, 2.05) is 0 Å². The second-order valence-electron chi connectivity index (χ2n) is 5.22. The monoisotopic (exact) mass is 358 g/mol. The van der Waals surface area contributed by atoms with Crippen LogP contribution in [0.1, 0.15) is 17.5 Å². The van der Waals surface area contributed by atoms with E-state index in [-0.39, 0.29) is 28.9 Å². The first-order valence-electron chi connectivity index (χ1n) is 7.63. The van der Waals surface area contributed by atoms with Crippen LogP contribution in [0.25, 0.3) is 22.1 Å². The number of carbonyl (C=O) groups excluding carboxylic acids is 1. The van der Waals surface area contributed by atoms with Crippen molar-refractivity contribution in [2.45, 2.75) is 6.92 Å². The van der Waals surface area contributed by atoms with Crippen LogP contribution in [0, 0.1) is 0 Å². The van der Waals surface area contributed by atoms with Crippen molar-refractivity contribution in [2.24, 2.45) is 0 Å². The first-order chi connectivity index (χ1) is 12.0. The molecule has 6 heteroatoms. The molecular formula is C19H15ClO5. The van der Waals surface area contributed by atoms with Crippen LogP contribution in [-0.2, 0) is 4.74 Å². The molecule has 0 radical (unpaired) electrons. The molecule has 1 aromatic heterocycles. The maximum absolute atomic E-state index is 13.0. The third kappa shape index (κ3) is 3.23. The molecule has 0 unspecified atom stereocenters. The van der Waals surface area contributed by atoms with E-state index in [9.17, 15) is 9.59 Å². The predicted octanol–water partition coefficient (Wildman–Crippen LogP) is 4.30. The Morgan fingerprint density at radius 1 is 1.16 bits per heavy atom. The van der Waals surface area contributed by atoms with E-state index in [0.29, 0.717) is 21.7 Å². The maximum Gasteiger partial charge on any atom is 0.375 e. The lowest BCUT2D eigenvalue weighted by Gasteiger charge is -2.10. The molecule has 0 atom stereocenters. The quantitative estimate of drug-likeness (QED) is 0.650. The second-order valence-corrected chi connectivity index (χ2v) is 5.66. The summed E-state index contributed by atoms with van der Waals surface area (Å²) < 4.78 is 15.9. The van der Waals surface area contributed by atoms with Gasteiger partial charge in [0.2, 0.25) is 11.2 Å². The van der Waals surface area contributed by atoms with Crippen molar-refractivity contribution in [1.29, 1.82) is 0 Å². The van der Waals surface area contributed by atoms with Crippen LogP contribution in [-0.4, -0.2) is 19.7 Å². The van der Waals surface area contributed by atoms with E-state index in [2.05, 4.69) is 0 Å². The molecule has 3 rings (SSSR count). The van der Waals surface area contributed by atoms with E-state index in [1.165, 1.54) is 7.11 Å². The topological polar surface area (TPSA) is 65.7 Å². The number of benzene rings is 2. The Morgan fingerprint density at radius 3 is 2.52 bits per heavy atom. The number of methoxy groups -OCH3 is 1. The molecule has 0 amide bonds. The molecule has 3 aromatic rings. The molecular weight excluding hydrogens is 344 g/mol. The molecule has 0 fully saturated rings. The highest BCUT2D eigenvalue weighted by molar-refractivity contribution is 6.30. The number of esters is 1. The molecule has 5 nitrogen and oxygen atoms in total. The standard InChI is InChI=1S/C19H15ClO5/c1-3-24-19(22)18-16(11-4-6-12(20)7-5-11)17(21)14-9-8-13(23-2)10-15(14)25-18/h4-10H,3H2,1-2H3. The van der Waals surface area contributed by atoms with Crippen LogP contribution >= 0.6 is 11.6 Å². The number of halogens is 1. The molecule has 0 saturated heterocycles. The van der Waals surface area contributed by atoms with Gasteiger partial charge in [0.05, 0.1) is 24.7 Å². The van der Waals surface area contributed by atoms with Gasteiger partial charge >= 0.3 is 5.97 Å². The first-order valence-corrected chi connectivity index (χ1v) is 8.01. The number of carbonyl (C=O) groups is 1. The SMILES string of the molecule is CCOC(=O)c1oc2cc(OC)ccc2c(=O)c1-c1ccc(Cl)cc1. The van der Waals surface area contributed by atoms with Crippen molar-refractivity contribution in [3.8, 4) is 16.9 Å². The van der Waals surface area contributed by atoms with E-state index in [4.69, 9.17) is 25.5 Å². The normalized spacial score (nSPS) is 10.7. The third-order valence-corrected chi connectivity index (χ3v) is 3.95. The summed E-state index contributed by atoms with van der Waals surface area (Å²) in [5.74, 6) is -0.325. The van der Waals surface area contributed by atoms with Gasteiger partial charge in [0.15, 0.2) is 0 Å². The molecule has 0 spiro atoms. The highest BCUT2D eigenvalue weighted by Crippen LogP contribution is 2.28. The van der Waals surface area contributed by atoms with Gasteiger partial charge < -0.3 is 13.9 Å². The summed E-state index contributed by atoms with van der Waals surface area (Å²) in [5.41, 5.74) is 0.603. The lowest BCUT2D eigenvalue weighted by molar-refractivity contribution is 0.0492. The van der Waals surface area contributed by atoms with E-state index >= 15 is 0 Å². The molecule has 0 N–H and O–H groups in total.